The third-order valence-electron chi connectivity index (χ3n) is 3.50. The lowest BCUT2D eigenvalue weighted by molar-refractivity contribution is 0.102. The van der Waals surface area contributed by atoms with E-state index in [4.69, 9.17) is 0 Å². The topological polar surface area (TPSA) is 58.1 Å². The van der Waals surface area contributed by atoms with Gasteiger partial charge >= 0.3 is 0 Å². The number of nitrogens with one attached hydrogen (secondary N) is 1. The zero-order valence-corrected chi connectivity index (χ0v) is 12.0. The Kier molecular flexibility index (Phi) is 3.81. The van der Waals surface area contributed by atoms with E-state index < -0.39 is 0 Å². The van der Waals surface area contributed by atoms with Crippen molar-refractivity contribution in [1.29, 1.82) is 0 Å². The molecule has 0 unspecified atom stereocenters. The number of hydrogen-bond acceptors (Lipinski definition) is 4. The van der Waals surface area contributed by atoms with E-state index in [2.05, 4.69) is 20.2 Å². The lowest BCUT2D eigenvalue weighted by Crippen LogP contribution is -2.23. The van der Waals surface area contributed by atoms with Crippen LogP contribution < -0.4 is 10.2 Å². The third kappa shape index (κ3) is 3.18. The highest BCUT2D eigenvalue weighted by Gasteiger charge is 2.18. The molecular formula is C16H18N4O. The predicted molar refractivity (Wildman–Crippen MR) is 82.6 cm³/mol. The van der Waals surface area contributed by atoms with Crippen molar-refractivity contribution in [2.24, 2.45) is 0 Å². The van der Waals surface area contributed by atoms with Gasteiger partial charge in [-0.05, 0) is 38.0 Å². The molecule has 1 N–H and O–H groups in total. The second-order valence-corrected chi connectivity index (χ2v) is 5.21. The summed E-state index contributed by atoms with van der Waals surface area (Å²) in [5.74, 6) is 0.456. The molecule has 0 radical (unpaired) electrons. The first kappa shape index (κ1) is 13.5. The van der Waals surface area contributed by atoms with Crippen molar-refractivity contribution in [3.63, 3.8) is 0 Å². The van der Waals surface area contributed by atoms with Crippen LogP contribution in [-0.4, -0.2) is 29.0 Å². The Morgan fingerprint density at radius 1 is 1.14 bits per heavy atom. The van der Waals surface area contributed by atoms with Crippen LogP contribution in [0.15, 0.2) is 36.4 Å². The van der Waals surface area contributed by atoms with Gasteiger partial charge in [0, 0.05) is 24.5 Å². The summed E-state index contributed by atoms with van der Waals surface area (Å²) in [6, 6.07) is 11.1. The van der Waals surface area contributed by atoms with Crippen LogP contribution in [0.2, 0.25) is 0 Å². The van der Waals surface area contributed by atoms with Crippen molar-refractivity contribution >= 4 is 17.5 Å². The molecule has 0 atom stereocenters. The standard InChI is InChI=1S/C16H18N4O/c1-12-11-14(15(21)18-13-7-3-2-4-8-13)19-16(17-12)20-9-5-6-10-20/h2-4,7-8,11H,5-6,9-10H2,1H3,(H,18,21). The second-order valence-electron chi connectivity index (χ2n) is 5.21. The zero-order valence-electron chi connectivity index (χ0n) is 12.0. The smallest absolute Gasteiger partial charge is 0.274 e. The molecule has 1 aliphatic rings. The van der Waals surface area contributed by atoms with Crippen molar-refractivity contribution in [2.75, 3.05) is 23.3 Å². The molecule has 2 aromatic rings. The molecule has 5 nitrogen and oxygen atoms in total. The van der Waals surface area contributed by atoms with Crippen LogP contribution >= 0.6 is 0 Å². The molecule has 1 amide bonds. The van der Waals surface area contributed by atoms with Gasteiger partial charge in [-0.3, -0.25) is 4.79 Å². The van der Waals surface area contributed by atoms with E-state index in [1.165, 1.54) is 0 Å². The Balaban J connectivity index is 1.82. The number of benzene rings is 1. The van der Waals surface area contributed by atoms with Crippen LogP contribution in [0, 0.1) is 6.92 Å². The van der Waals surface area contributed by atoms with Crippen LogP contribution in [0.25, 0.3) is 0 Å². The SMILES string of the molecule is Cc1cc(C(=O)Nc2ccccc2)nc(N2CCCC2)n1. The van der Waals surface area contributed by atoms with Gasteiger partial charge in [0.05, 0.1) is 0 Å². The number of nitrogens with zero attached hydrogens (tertiary/aromatic N) is 3. The summed E-state index contributed by atoms with van der Waals surface area (Å²) in [4.78, 5) is 23.3. The summed E-state index contributed by atoms with van der Waals surface area (Å²) in [5.41, 5.74) is 1.99. The number of aryl methyl sites for hydroxylation is 1. The highest BCUT2D eigenvalue weighted by molar-refractivity contribution is 6.03. The Morgan fingerprint density at radius 2 is 1.86 bits per heavy atom. The summed E-state index contributed by atoms with van der Waals surface area (Å²) in [6.45, 7) is 3.81. The van der Waals surface area contributed by atoms with E-state index in [0.29, 0.717) is 11.6 Å². The van der Waals surface area contributed by atoms with Gasteiger partial charge in [0.1, 0.15) is 5.69 Å². The molecule has 0 spiro atoms. The molecule has 1 aliphatic heterocycles. The van der Waals surface area contributed by atoms with Gasteiger partial charge in [0.25, 0.3) is 5.91 Å². The maximum absolute atomic E-state index is 12.3. The molecule has 108 valence electrons. The number of carbonyl (C=O) groups is 1. The van der Waals surface area contributed by atoms with Gasteiger partial charge in [0.15, 0.2) is 0 Å². The summed E-state index contributed by atoms with van der Waals surface area (Å²) in [7, 11) is 0. The van der Waals surface area contributed by atoms with E-state index in [-0.39, 0.29) is 5.91 Å². The van der Waals surface area contributed by atoms with E-state index >= 15 is 0 Å². The van der Waals surface area contributed by atoms with Crippen LogP contribution in [-0.2, 0) is 0 Å². The minimum absolute atomic E-state index is 0.202. The van der Waals surface area contributed by atoms with Gasteiger partial charge in [-0.2, -0.15) is 0 Å². The monoisotopic (exact) mass is 282 g/mol. The largest absolute Gasteiger partial charge is 0.341 e. The molecule has 0 saturated carbocycles. The van der Waals surface area contributed by atoms with E-state index in [0.717, 1.165) is 37.3 Å². The van der Waals surface area contributed by atoms with Crippen molar-refractivity contribution in [3.8, 4) is 0 Å². The fourth-order valence-electron chi connectivity index (χ4n) is 2.44. The Morgan fingerprint density at radius 3 is 2.57 bits per heavy atom. The minimum atomic E-state index is -0.202. The fourth-order valence-corrected chi connectivity index (χ4v) is 2.44. The normalized spacial score (nSPS) is 14.2. The number of amides is 1. The summed E-state index contributed by atoms with van der Waals surface area (Å²) >= 11 is 0. The third-order valence-corrected chi connectivity index (χ3v) is 3.50. The first-order valence-corrected chi connectivity index (χ1v) is 7.19. The molecule has 0 bridgehead atoms. The van der Waals surface area contributed by atoms with E-state index in [9.17, 15) is 4.79 Å². The Bertz CT molecular complexity index is 636. The highest BCUT2D eigenvalue weighted by atomic mass is 16.1. The average molecular weight is 282 g/mol. The van der Waals surface area contributed by atoms with Gasteiger partial charge in [-0.25, -0.2) is 9.97 Å². The molecule has 0 aliphatic carbocycles. The summed E-state index contributed by atoms with van der Waals surface area (Å²) in [5, 5.41) is 2.86. The first-order chi connectivity index (χ1) is 10.2. The molecular weight excluding hydrogens is 264 g/mol. The van der Waals surface area contributed by atoms with Gasteiger partial charge in [-0.15, -0.1) is 0 Å². The number of rotatable bonds is 3. The number of carbonyl (C=O) groups excluding carboxylic acids is 1. The van der Waals surface area contributed by atoms with Gasteiger partial charge in [0.2, 0.25) is 5.95 Å². The second kappa shape index (κ2) is 5.91. The van der Waals surface area contributed by atoms with Crippen molar-refractivity contribution in [2.45, 2.75) is 19.8 Å². The van der Waals surface area contributed by atoms with Crippen LogP contribution in [0.3, 0.4) is 0 Å². The van der Waals surface area contributed by atoms with Crippen LogP contribution in [0.4, 0.5) is 11.6 Å². The van der Waals surface area contributed by atoms with Crippen LogP contribution in [0.1, 0.15) is 29.0 Å². The fraction of sp³-hybridized carbons (Fsp3) is 0.312. The zero-order chi connectivity index (χ0) is 14.7. The lowest BCUT2D eigenvalue weighted by atomic mass is 10.3. The minimum Gasteiger partial charge on any atom is -0.341 e. The Hall–Kier alpha value is -2.43. The molecule has 5 heteroatoms. The van der Waals surface area contributed by atoms with Crippen molar-refractivity contribution in [1.82, 2.24) is 9.97 Å². The summed E-state index contributed by atoms with van der Waals surface area (Å²) < 4.78 is 0. The van der Waals surface area contributed by atoms with E-state index in [1.54, 1.807) is 6.07 Å². The molecule has 2 heterocycles. The lowest BCUT2D eigenvalue weighted by Gasteiger charge is -2.16. The first-order valence-electron chi connectivity index (χ1n) is 7.19. The summed E-state index contributed by atoms with van der Waals surface area (Å²) in [6.07, 6.45) is 2.31. The quantitative estimate of drug-likeness (QED) is 0.940. The molecule has 1 aromatic heterocycles. The van der Waals surface area contributed by atoms with E-state index in [1.807, 2.05) is 37.3 Å². The van der Waals surface area contributed by atoms with Gasteiger partial charge < -0.3 is 10.2 Å². The highest BCUT2D eigenvalue weighted by Crippen LogP contribution is 2.17. The molecule has 1 aromatic carbocycles. The number of para-hydroxylation sites is 1. The van der Waals surface area contributed by atoms with Crippen LogP contribution in [0.5, 0.6) is 0 Å². The average Bonchev–Trinajstić information content (AvgIpc) is 3.02. The Labute approximate surface area is 124 Å². The molecule has 1 fully saturated rings. The maximum Gasteiger partial charge on any atom is 0.274 e. The molecule has 3 rings (SSSR count). The number of hydrogen-bond donors (Lipinski definition) is 1. The molecule has 1 saturated heterocycles. The van der Waals surface area contributed by atoms with Gasteiger partial charge in [-0.1, -0.05) is 18.2 Å². The molecule has 21 heavy (non-hydrogen) atoms. The van der Waals surface area contributed by atoms with Crippen molar-refractivity contribution < 1.29 is 4.79 Å². The predicted octanol–water partition coefficient (Wildman–Crippen LogP) is 2.64. The maximum atomic E-state index is 12.3. The van der Waals surface area contributed by atoms with Crippen molar-refractivity contribution in [3.05, 3.63) is 47.8 Å². The number of aromatic nitrogens is 2. The number of anilines is 2.